The summed E-state index contributed by atoms with van der Waals surface area (Å²) in [7, 11) is 1.56. The Bertz CT molecular complexity index is 805. The van der Waals surface area contributed by atoms with Crippen LogP contribution in [0.4, 0.5) is 4.39 Å². The summed E-state index contributed by atoms with van der Waals surface area (Å²) in [6.07, 6.45) is 0. The van der Waals surface area contributed by atoms with Crippen molar-refractivity contribution in [1.29, 1.82) is 0 Å². The Hall–Kier alpha value is -2.12. The van der Waals surface area contributed by atoms with Crippen molar-refractivity contribution in [1.82, 2.24) is 10.6 Å². The van der Waals surface area contributed by atoms with E-state index in [-0.39, 0.29) is 23.9 Å². The molecule has 0 aliphatic heterocycles. The van der Waals surface area contributed by atoms with Gasteiger partial charge in [0.1, 0.15) is 5.82 Å². The van der Waals surface area contributed by atoms with E-state index >= 15 is 0 Å². The summed E-state index contributed by atoms with van der Waals surface area (Å²) in [4.78, 5) is 12.1. The maximum atomic E-state index is 13.0. The highest BCUT2D eigenvalue weighted by Gasteiger charge is 2.18. The van der Waals surface area contributed by atoms with Gasteiger partial charge in [0.25, 0.3) is 5.91 Å². The molecule has 0 atom stereocenters. The molecule has 0 saturated carbocycles. The van der Waals surface area contributed by atoms with Crippen LogP contribution in [0.1, 0.15) is 31.9 Å². The average Bonchev–Trinajstić information content (AvgIpc) is 2.62. The van der Waals surface area contributed by atoms with Crippen LogP contribution in [0.25, 0.3) is 0 Å². The third kappa shape index (κ3) is 6.80. The van der Waals surface area contributed by atoms with Crippen molar-refractivity contribution in [3.63, 3.8) is 0 Å². The van der Waals surface area contributed by atoms with Crippen molar-refractivity contribution < 1.29 is 18.7 Å². The van der Waals surface area contributed by atoms with E-state index in [9.17, 15) is 9.18 Å². The number of benzene rings is 2. The monoisotopic (exact) mass is 452 g/mol. The van der Waals surface area contributed by atoms with Gasteiger partial charge in [-0.2, -0.15) is 0 Å². The van der Waals surface area contributed by atoms with Crippen LogP contribution in [0.2, 0.25) is 0 Å². The summed E-state index contributed by atoms with van der Waals surface area (Å²) >= 11 is 3.54. The molecular weight excluding hydrogens is 427 g/mol. The van der Waals surface area contributed by atoms with Crippen molar-refractivity contribution in [2.45, 2.75) is 39.4 Å². The molecule has 0 aliphatic rings. The Morgan fingerprint density at radius 3 is 2.39 bits per heavy atom. The number of halogens is 2. The molecule has 152 valence electrons. The molecule has 2 rings (SSSR count). The molecule has 0 unspecified atom stereocenters. The topological polar surface area (TPSA) is 59.6 Å². The molecule has 0 spiro atoms. The maximum absolute atomic E-state index is 13.0. The number of hydrogen-bond acceptors (Lipinski definition) is 4. The summed E-state index contributed by atoms with van der Waals surface area (Å²) in [6.45, 7) is 6.66. The first-order valence-electron chi connectivity index (χ1n) is 8.94. The molecule has 2 aromatic carbocycles. The minimum absolute atomic E-state index is 0.116. The lowest BCUT2D eigenvalue weighted by atomic mass is 10.1. The first-order valence-corrected chi connectivity index (χ1v) is 9.73. The van der Waals surface area contributed by atoms with Gasteiger partial charge in [0.05, 0.1) is 7.11 Å². The van der Waals surface area contributed by atoms with Gasteiger partial charge < -0.3 is 20.1 Å². The quantitative estimate of drug-likeness (QED) is 0.630. The second-order valence-corrected chi connectivity index (χ2v) is 8.23. The van der Waals surface area contributed by atoms with E-state index in [2.05, 4.69) is 26.6 Å². The fraction of sp³-hybridized carbons (Fsp3) is 0.381. The Labute approximate surface area is 173 Å². The molecule has 0 bridgehead atoms. The summed E-state index contributed by atoms with van der Waals surface area (Å²) in [6, 6.07) is 9.98. The van der Waals surface area contributed by atoms with Crippen LogP contribution in [0.15, 0.2) is 40.9 Å². The van der Waals surface area contributed by atoms with Gasteiger partial charge in [0, 0.05) is 28.7 Å². The van der Waals surface area contributed by atoms with Crippen molar-refractivity contribution in [2.75, 3.05) is 13.7 Å². The second kappa shape index (κ2) is 9.89. The minimum atomic E-state index is -0.332. The normalized spacial score (nSPS) is 11.2. The standard InChI is InChI=1S/C21H26BrFN2O3/c1-21(2,3)25-19(26)13-28-20-16(17(22)9-10-18(20)27-4)12-24-11-14-5-7-15(23)8-6-14/h5-10,24H,11-13H2,1-4H3,(H,25,26). The number of carbonyl (C=O) groups excluding carboxylic acids is 1. The Morgan fingerprint density at radius 1 is 1.11 bits per heavy atom. The minimum Gasteiger partial charge on any atom is -0.493 e. The van der Waals surface area contributed by atoms with E-state index in [1.165, 1.54) is 12.1 Å². The highest BCUT2D eigenvalue weighted by atomic mass is 79.9. The van der Waals surface area contributed by atoms with E-state index in [4.69, 9.17) is 9.47 Å². The summed E-state index contributed by atoms with van der Waals surface area (Å²) < 4.78 is 25.1. The summed E-state index contributed by atoms with van der Waals surface area (Å²) in [5.41, 5.74) is 1.47. The zero-order chi connectivity index (χ0) is 20.7. The second-order valence-electron chi connectivity index (χ2n) is 7.37. The highest BCUT2D eigenvalue weighted by Crippen LogP contribution is 2.36. The predicted octanol–water partition coefficient (Wildman–Crippen LogP) is 4.18. The number of nitrogens with one attached hydrogen (secondary N) is 2. The zero-order valence-corrected chi connectivity index (χ0v) is 18.2. The molecule has 0 aliphatic carbocycles. The number of amides is 1. The molecule has 0 radical (unpaired) electrons. The number of carbonyl (C=O) groups is 1. The molecule has 0 fully saturated rings. The lowest BCUT2D eigenvalue weighted by molar-refractivity contribution is -0.124. The van der Waals surface area contributed by atoms with Crippen molar-refractivity contribution in [3.05, 3.63) is 57.8 Å². The van der Waals surface area contributed by atoms with E-state index in [1.807, 2.05) is 26.8 Å². The lowest BCUT2D eigenvalue weighted by Gasteiger charge is -2.21. The van der Waals surface area contributed by atoms with Crippen LogP contribution >= 0.6 is 15.9 Å². The fourth-order valence-electron chi connectivity index (χ4n) is 2.59. The van der Waals surface area contributed by atoms with Crippen molar-refractivity contribution >= 4 is 21.8 Å². The van der Waals surface area contributed by atoms with Crippen LogP contribution in [0, 0.1) is 5.82 Å². The number of hydrogen-bond donors (Lipinski definition) is 2. The smallest absolute Gasteiger partial charge is 0.258 e. The zero-order valence-electron chi connectivity index (χ0n) is 16.6. The van der Waals surface area contributed by atoms with E-state index < -0.39 is 0 Å². The largest absolute Gasteiger partial charge is 0.493 e. The predicted molar refractivity (Wildman–Crippen MR) is 111 cm³/mol. The van der Waals surface area contributed by atoms with Gasteiger partial charge in [-0.05, 0) is 50.6 Å². The highest BCUT2D eigenvalue weighted by molar-refractivity contribution is 9.10. The Morgan fingerprint density at radius 2 is 1.79 bits per heavy atom. The van der Waals surface area contributed by atoms with E-state index in [1.54, 1.807) is 25.3 Å². The van der Waals surface area contributed by atoms with Gasteiger partial charge in [-0.15, -0.1) is 0 Å². The molecule has 0 heterocycles. The first-order chi connectivity index (χ1) is 13.2. The molecule has 1 amide bonds. The van der Waals surface area contributed by atoms with Crippen LogP contribution in [-0.4, -0.2) is 25.2 Å². The molecule has 7 heteroatoms. The van der Waals surface area contributed by atoms with Gasteiger partial charge >= 0.3 is 0 Å². The fourth-order valence-corrected chi connectivity index (χ4v) is 3.04. The van der Waals surface area contributed by atoms with Gasteiger partial charge in [-0.25, -0.2) is 4.39 Å². The van der Waals surface area contributed by atoms with Crippen LogP contribution < -0.4 is 20.1 Å². The Balaban J connectivity index is 2.09. The lowest BCUT2D eigenvalue weighted by Crippen LogP contribution is -2.43. The summed E-state index contributed by atoms with van der Waals surface area (Å²) in [5, 5.41) is 6.17. The van der Waals surface area contributed by atoms with Crippen LogP contribution in [0.3, 0.4) is 0 Å². The third-order valence-corrected chi connectivity index (χ3v) is 4.54. The molecule has 2 aromatic rings. The third-order valence-electron chi connectivity index (χ3n) is 3.79. The Kier molecular flexibility index (Phi) is 7.83. The van der Waals surface area contributed by atoms with Gasteiger partial charge in [-0.3, -0.25) is 4.79 Å². The first kappa shape index (κ1) is 22.2. The van der Waals surface area contributed by atoms with E-state index in [0.717, 1.165) is 15.6 Å². The molecule has 0 saturated heterocycles. The van der Waals surface area contributed by atoms with Crippen molar-refractivity contribution in [2.24, 2.45) is 0 Å². The summed E-state index contributed by atoms with van der Waals surface area (Å²) in [5.74, 6) is 0.584. The van der Waals surface area contributed by atoms with E-state index in [0.29, 0.717) is 24.6 Å². The number of ether oxygens (including phenoxy) is 2. The van der Waals surface area contributed by atoms with Gasteiger partial charge in [-0.1, -0.05) is 28.1 Å². The van der Waals surface area contributed by atoms with Crippen molar-refractivity contribution in [3.8, 4) is 11.5 Å². The molecular formula is C21H26BrFN2O3. The SMILES string of the molecule is COc1ccc(Br)c(CNCc2ccc(F)cc2)c1OCC(=O)NC(C)(C)C. The van der Waals surface area contributed by atoms with Crippen LogP contribution in [0.5, 0.6) is 11.5 Å². The number of rotatable bonds is 8. The molecule has 2 N–H and O–H groups in total. The van der Waals surface area contributed by atoms with Gasteiger partial charge in [0.15, 0.2) is 18.1 Å². The molecule has 0 aromatic heterocycles. The van der Waals surface area contributed by atoms with Crippen LogP contribution in [-0.2, 0) is 17.9 Å². The van der Waals surface area contributed by atoms with Gasteiger partial charge in [0.2, 0.25) is 0 Å². The average molecular weight is 453 g/mol. The maximum Gasteiger partial charge on any atom is 0.258 e. The molecule has 28 heavy (non-hydrogen) atoms. The number of methoxy groups -OCH3 is 1. The molecule has 5 nitrogen and oxygen atoms in total.